The standard InChI is InChI=1S/C7H12N2O2/c1-5(2)7(11,3-4-8)6(9)10/h5,11H,3H2,1-2H3,(H2,9,10). The predicted octanol–water partition coefficient (Wildman–Crippen LogP) is -0.228. The first-order valence-electron chi connectivity index (χ1n) is 3.34. The Kier molecular flexibility index (Phi) is 3.02. The SMILES string of the molecule is CC(C)C(O)(CC#N)C(N)=O. The van der Waals surface area contributed by atoms with Crippen molar-refractivity contribution in [1.29, 1.82) is 5.26 Å². The lowest BCUT2D eigenvalue weighted by Crippen LogP contribution is -2.47. The van der Waals surface area contributed by atoms with Gasteiger partial charge in [0.05, 0.1) is 12.5 Å². The normalized spacial score (nSPS) is 15.5. The minimum atomic E-state index is -1.67. The maximum Gasteiger partial charge on any atom is 0.250 e. The lowest BCUT2D eigenvalue weighted by Gasteiger charge is -2.25. The third kappa shape index (κ3) is 1.92. The highest BCUT2D eigenvalue weighted by atomic mass is 16.3. The van der Waals surface area contributed by atoms with E-state index in [-0.39, 0.29) is 12.3 Å². The van der Waals surface area contributed by atoms with Crippen molar-refractivity contribution in [3.05, 3.63) is 0 Å². The van der Waals surface area contributed by atoms with E-state index < -0.39 is 11.5 Å². The minimum Gasteiger partial charge on any atom is -0.379 e. The van der Waals surface area contributed by atoms with Gasteiger partial charge in [0.15, 0.2) is 5.60 Å². The Bertz CT molecular complexity index is 195. The summed E-state index contributed by atoms with van der Waals surface area (Å²) in [6.07, 6.45) is -0.250. The molecule has 1 unspecified atom stereocenters. The van der Waals surface area contributed by atoms with Crippen LogP contribution in [-0.2, 0) is 4.79 Å². The largest absolute Gasteiger partial charge is 0.379 e. The fourth-order valence-electron chi connectivity index (χ4n) is 0.696. The number of primary amides is 1. The van der Waals surface area contributed by atoms with Crippen molar-refractivity contribution in [2.45, 2.75) is 25.9 Å². The van der Waals surface area contributed by atoms with E-state index in [1.807, 2.05) is 0 Å². The van der Waals surface area contributed by atoms with Crippen LogP contribution in [-0.4, -0.2) is 16.6 Å². The zero-order valence-corrected chi connectivity index (χ0v) is 6.66. The first kappa shape index (κ1) is 9.92. The van der Waals surface area contributed by atoms with Gasteiger partial charge in [-0.15, -0.1) is 0 Å². The van der Waals surface area contributed by atoms with Crippen molar-refractivity contribution in [1.82, 2.24) is 0 Å². The average Bonchev–Trinajstić information content (AvgIpc) is 1.87. The smallest absolute Gasteiger partial charge is 0.250 e. The van der Waals surface area contributed by atoms with Crippen molar-refractivity contribution in [3.63, 3.8) is 0 Å². The maximum atomic E-state index is 10.7. The van der Waals surface area contributed by atoms with Gasteiger partial charge in [0.2, 0.25) is 0 Å². The fourth-order valence-corrected chi connectivity index (χ4v) is 0.696. The summed E-state index contributed by atoms with van der Waals surface area (Å²) in [4.78, 5) is 10.7. The molecular formula is C7H12N2O2. The van der Waals surface area contributed by atoms with Crippen molar-refractivity contribution in [2.75, 3.05) is 0 Å². The van der Waals surface area contributed by atoms with Crippen LogP contribution < -0.4 is 5.73 Å². The molecule has 0 fully saturated rings. The van der Waals surface area contributed by atoms with Gasteiger partial charge in [-0.1, -0.05) is 13.8 Å². The second-order valence-electron chi connectivity index (χ2n) is 2.78. The molecule has 0 saturated heterocycles. The third-order valence-electron chi connectivity index (χ3n) is 1.73. The number of amides is 1. The first-order valence-corrected chi connectivity index (χ1v) is 3.34. The van der Waals surface area contributed by atoms with Crippen LogP contribution in [0.25, 0.3) is 0 Å². The highest BCUT2D eigenvalue weighted by Crippen LogP contribution is 2.19. The van der Waals surface area contributed by atoms with Crippen LogP contribution in [0.2, 0.25) is 0 Å². The van der Waals surface area contributed by atoms with E-state index in [1.54, 1.807) is 19.9 Å². The summed E-state index contributed by atoms with van der Waals surface area (Å²) in [5, 5.41) is 17.8. The van der Waals surface area contributed by atoms with Gasteiger partial charge >= 0.3 is 0 Å². The van der Waals surface area contributed by atoms with E-state index in [9.17, 15) is 9.90 Å². The van der Waals surface area contributed by atoms with Gasteiger partial charge < -0.3 is 10.8 Å². The minimum absolute atomic E-state index is 0.250. The lowest BCUT2D eigenvalue weighted by molar-refractivity contribution is -0.140. The molecule has 0 aromatic rings. The topological polar surface area (TPSA) is 87.1 Å². The number of carbonyl (C=O) groups is 1. The molecule has 0 saturated carbocycles. The molecule has 0 bridgehead atoms. The Morgan fingerprint density at radius 3 is 2.36 bits per heavy atom. The van der Waals surface area contributed by atoms with Crippen molar-refractivity contribution in [3.8, 4) is 6.07 Å². The second kappa shape index (κ2) is 3.35. The van der Waals surface area contributed by atoms with Gasteiger partial charge in [0, 0.05) is 0 Å². The maximum absolute atomic E-state index is 10.7. The van der Waals surface area contributed by atoms with Gasteiger partial charge in [-0.3, -0.25) is 4.79 Å². The number of nitrogens with two attached hydrogens (primary N) is 1. The van der Waals surface area contributed by atoms with Crippen LogP contribution in [0, 0.1) is 17.2 Å². The molecule has 0 rings (SSSR count). The molecule has 4 heteroatoms. The van der Waals surface area contributed by atoms with E-state index >= 15 is 0 Å². The summed E-state index contributed by atoms with van der Waals surface area (Å²) in [5.41, 5.74) is 3.25. The Hall–Kier alpha value is -1.08. The lowest BCUT2D eigenvalue weighted by atomic mass is 9.87. The van der Waals surface area contributed by atoms with Gasteiger partial charge in [0.25, 0.3) is 5.91 Å². The number of nitrogens with zero attached hydrogens (tertiary/aromatic N) is 1. The molecule has 62 valence electrons. The summed E-state index contributed by atoms with van der Waals surface area (Å²) < 4.78 is 0. The number of nitriles is 1. The Morgan fingerprint density at radius 1 is 1.82 bits per heavy atom. The van der Waals surface area contributed by atoms with E-state index in [2.05, 4.69) is 0 Å². The fraction of sp³-hybridized carbons (Fsp3) is 0.714. The highest BCUT2D eigenvalue weighted by molar-refractivity contribution is 5.83. The molecule has 1 atom stereocenters. The van der Waals surface area contributed by atoms with Crippen LogP contribution in [0.15, 0.2) is 0 Å². The number of hydrogen-bond donors (Lipinski definition) is 2. The van der Waals surface area contributed by atoms with E-state index in [4.69, 9.17) is 11.0 Å². The third-order valence-corrected chi connectivity index (χ3v) is 1.73. The molecule has 0 spiro atoms. The molecule has 3 N–H and O–H groups in total. The number of rotatable bonds is 3. The summed E-state index contributed by atoms with van der Waals surface area (Å²) in [6, 6.07) is 1.72. The Balaban J connectivity index is 4.55. The summed E-state index contributed by atoms with van der Waals surface area (Å²) in [7, 11) is 0. The van der Waals surface area contributed by atoms with E-state index in [0.29, 0.717) is 0 Å². The van der Waals surface area contributed by atoms with Crippen LogP contribution in [0.1, 0.15) is 20.3 Å². The van der Waals surface area contributed by atoms with Crippen molar-refractivity contribution < 1.29 is 9.90 Å². The molecule has 0 aliphatic carbocycles. The average molecular weight is 156 g/mol. The zero-order valence-electron chi connectivity index (χ0n) is 6.66. The molecule has 0 aliphatic rings. The van der Waals surface area contributed by atoms with Gasteiger partial charge in [-0.05, 0) is 5.92 Å². The molecule has 11 heavy (non-hydrogen) atoms. The van der Waals surface area contributed by atoms with Crippen LogP contribution in [0.3, 0.4) is 0 Å². The summed E-state index contributed by atoms with van der Waals surface area (Å²) in [6.45, 7) is 3.28. The van der Waals surface area contributed by atoms with Crippen molar-refractivity contribution >= 4 is 5.91 Å². The van der Waals surface area contributed by atoms with Gasteiger partial charge in [0.1, 0.15) is 0 Å². The molecule has 0 heterocycles. The van der Waals surface area contributed by atoms with Crippen LogP contribution in [0.4, 0.5) is 0 Å². The highest BCUT2D eigenvalue weighted by Gasteiger charge is 2.37. The molecule has 4 nitrogen and oxygen atoms in total. The summed E-state index contributed by atoms with van der Waals surface area (Å²) >= 11 is 0. The monoisotopic (exact) mass is 156 g/mol. The van der Waals surface area contributed by atoms with E-state index in [1.165, 1.54) is 0 Å². The number of carbonyl (C=O) groups excluding carboxylic acids is 1. The Morgan fingerprint density at radius 2 is 2.27 bits per heavy atom. The Labute approximate surface area is 65.6 Å². The first-order chi connectivity index (χ1) is 4.95. The molecule has 0 aromatic heterocycles. The molecule has 0 aromatic carbocycles. The van der Waals surface area contributed by atoms with E-state index in [0.717, 1.165) is 0 Å². The number of aliphatic hydroxyl groups is 1. The molecule has 0 radical (unpaired) electrons. The molecular weight excluding hydrogens is 144 g/mol. The van der Waals surface area contributed by atoms with Crippen LogP contribution in [0.5, 0.6) is 0 Å². The number of hydrogen-bond acceptors (Lipinski definition) is 3. The quantitative estimate of drug-likeness (QED) is 0.591. The zero-order chi connectivity index (χ0) is 9.07. The predicted molar refractivity (Wildman–Crippen MR) is 39.2 cm³/mol. The molecule has 1 amide bonds. The van der Waals surface area contributed by atoms with Gasteiger partial charge in [-0.2, -0.15) is 5.26 Å². The summed E-state index contributed by atoms with van der Waals surface area (Å²) in [5.74, 6) is -1.17. The van der Waals surface area contributed by atoms with Gasteiger partial charge in [-0.25, -0.2) is 0 Å². The molecule has 0 aliphatic heterocycles. The van der Waals surface area contributed by atoms with Crippen LogP contribution >= 0.6 is 0 Å². The van der Waals surface area contributed by atoms with Crippen molar-refractivity contribution in [2.24, 2.45) is 11.7 Å². The second-order valence-corrected chi connectivity index (χ2v) is 2.78.